The number of hydrogen-bond acceptors (Lipinski definition) is 8. The molecule has 2 heterocycles. The molecule has 0 saturated carbocycles. The van der Waals surface area contributed by atoms with Crippen LogP contribution in [0.2, 0.25) is 5.02 Å². The maximum Gasteiger partial charge on any atom is 0.240 e. The fourth-order valence-electron chi connectivity index (χ4n) is 2.94. The number of benzene rings is 1. The van der Waals surface area contributed by atoms with Crippen LogP contribution in [0.5, 0.6) is 0 Å². The third-order valence-corrected chi connectivity index (χ3v) is 6.33. The van der Waals surface area contributed by atoms with Crippen LogP contribution in [0.25, 0.3) is 11.4 Å². The molecule has 0 saturated heterocycles. The number of anilines is 2. The summed E-state index contributed by atoms with van der Waals surface area (Å²) < 4.78 is 39.0. The first kappa shape index (κ1) is 24.1. The number of nitrogens with zero attached hydrogens (tertiary/aromatic N) is 4. The highest BCUT2D eigenvalue weighted by molar-refractivity contribution is 7.89. The summed E-state index contributed by atoms with van der Waals surface area (Å²) in [4.78, 5) is 13.3. The largest absolute Gasteiger partial charge is 0.383 e. The summed E-state index contributed by atoms with van der Waals surface area (Å²) in [5.74, 6) is 1.13. The molecule has 0 aliphatic rings. The van der Waals surface area contributed by atoms with Crippen molar-refractivity contribution in [2.75, 3.05) is 39.3 Å². The molecular formula is C20H25ClN6O4S. The van der Waals surface area contributed by atoms with Crippen molar-refractivity contribution in [3.63, 3.8) is 0 Å². The van der Waals surface area contributed by atoms with E-state index in [9.17, 15) is 8.42 Å². The van der Waals surface area contributed by atoms with Gasteiger partial charge >= 0.3 is 0 Å². The minimum absolute atomic E-state index is 0.148. The van der Waals surface area contributed by atoms with Gasteiger partial charge in [-0.15, -0.1) is 0 Å². The first-order valence-electron chi connectivity index (χ1n) is 9.75. The molecule has 32 heavy (non-hydrogen) atoms. The summed E-state index contributed by atoms with van der Waals surface area (Å²) in [6, 6.07) is 6.26. The summed E-state index contributed by atoms with van der Waals surface area (Å²) in [6.45, 7) is 3.51. The molecule has 2 aromatic heterocycles. The summed E-state index contributed by atoms with van der Waals surface area (Å²) in [5, 5.41) is 3.46. The predicted molar refractivity (Wildman–Crippen MR) is 122 cm³/mol. The molecule has 0 aliphatic heterocycles. The van der Waals surface area contributed by atoms with E-state index in [1.807, 2.05) is 11.5 Å². The number of sulfonamides is 1. The number of rotatable bonds is 11. The molecule has 0 unspecified atom stereocenters. The Hall–Kier alpha value is -2.57. The van der Waals surface area contributed by atoms with Gasteiger partial charge in [-0.2, -0.15) is 0 Å². The quantitative estimate of drug-likeness (QED) is 0.402. The number of halogens is 1. The predicted octanol–water partition coefficient (Wildman–Crippen LogP) is 2.62. The lowest BCUT2D eigenvalue weighted by molar-refractivity contribution is 0.187. The molecule has 0 atom stereocenters. The first-order valence-corrected chi connectivity index (χ1v) is 11.6. The zero-order valence-corrected chi connectivity index (χ0v) is 19.6. The molecule has 12 heteroatoms. The molecule has 10 nitrogen and oxygen atoms in total. The second-order valence-electron chi connectivity index (χ2n) is 6.77. The van der Waals surface area contributed by atoms with E-state index in [2.05, 4.69) is 25.0 Å². The molecule has 0 radical (unpaired) electrons. The number of methoxy groups -OCH3 is 2. The molecule has 2 N–H and O–H groups in total. The van der Waals surface area contributed by atoms with Crippen LogP contribution in [0.1, 0.15) is 5.82 Å². The fourth-order valence-corrected chi connectivity index (χ4v) is 4.14. The van der Waals surface area contributed by atoms with Crippen LogP contribution in [0.3, 0.4) is 0 Å². The van der Waals surface area contributed by atoms with E-state index in [4.69, 9.17) is 21.1 Å². The Balaban J connectivity index is 1.80. The average molecular weight is 481 g/mol. The number of imidazole rings is 1. The molecular weight excluding hydrogens is 456 g/mol. The zero-order chi connectivity index (χ0) is 23.1. The first-order chi connectivity index (χ1) is 15.4. The third-order valence-electron chi connectivity index (χ3n) is 4.58. The van der Waals surface area contributed by atoms with Crippen molar-refractivity contribution in [3.05, 3.63) is 47.5 Å². The molecule has 1 aromatic carbocycles. The maximum absolute atomic E-state index is 12.3. The third kappa shape index (κ3) is 5.81. The van der Waals surface area contributed by atoms with Crippen molar-refractivity contribution >= 4 is 33.3 Å². The summed E-state index contributed by atoms with van der Waals surface area (Å²) in [5.41, 5.74) is 1.90. The number of ether oxygens (including phenoxy) is 2. The van der Waals surface area contributed by atoms with Crippen molar-refractivity contribution in [2.45, 2.75) is 18.4 Å². The van der Waals surface area contributed by atoms with Crippen molar-refractivity contribution in [3.8, 4) is 11.4 Å². The molecule has 0 bridgehead atoms. The Kier molecular flexibility index (Phi) is 8.15. The highest BCUT2D eigenvalue weighted by Gasteiger charge is 2.16. The average Bonchev–Trinajstić information content (AvgIpc) is 3.14. The highest BCUT2D eigenvalue weighted by Crippen LogP contribution is 2.28. The fraction of sp³-hybridized carbons (Fsp3) is 0.350. The van der Waals surface area contributed by atoms with E-state index < -0.39 is 10.0 Å². The van der Waals surface area contributed by atoms with Gasteiger partial charge in [0.25, 0.3) is 0 Å². The van der Waals surface area contributed by atoms with E-state index >= 15 is 0 Å². The van der Waals surface area contributed by atoms with Gasteiger partial charge in [0.05, 0.1) is 41.2 Å². The number of aryl methyl sites for hydroxylation is 1. The van der Waals surface area contributed by atoms with E-state index in [1.165, 1.54) is 25.4 Å². The zero-order valence-electron chi connectivity index (χ0n) is 18.0. The van der Waals surface area contributed by atoms with E-state index in [0.29, 0.717) is 42.1 Å². The van der Waals surface area contributed by atoms with E-state index in [-0.39, 0.29) is 11.4 Å². The standard InChI is InChI=1S/C20H25ClN6O4S/c1-14-22-13-18(27(14)9-11-31-3)19-17(21)12-23-20(26-19)25-15-4-6-16(7-5-15)32(28,29)24-8-10-30-2/h4-7,12-13,24H,8-11H2,1-3H3,(H,23,25,26). The molecule has 0 amide bonds. The smallest absolute Gasteiger partial charge is 0.240 e. The molecule has 0 fully saturated rings. The van der Waals surface area contributed by atoms with Crippen LogP contribution in [-0.2, 0) is 26.0 Å². The maximum atomic E-state index is 12.3. The summed E-state index contributed by atoms with van der Waals surface area (Å²) >= 11 is 6.36. The molecule has 3 aromatic rings. The van der Waals surface area contributed by atoms with E-state index in [1.54, 1.807) is 25.4 Å². The minimum Gasteiger partial charge on any atom is -0.383 e. The van der Waals surface area contributed by atoms with Crippen molar-refractivity contribution in [1.82, 2.24) is 24.2 Å². The van der Waals surface area contributed by atoms with Gasteiger partial charge < -0.3 is 19.4 Å². The Labute approximate surface area is 192 Å². The van der Waals surface area contributed by atoms with Gasteiger partial charge in [-0.25, -0.2) is 28.1 Å². The van der Waals surface area contributed by atoms with Crippen LogP contribution in [0.15, 0.2) is 41.6 Å². The van der Waals surface area contributed by atoms with Gasteiger partial charge in [0.2, 0.25) is 16.0 Å². The van der Waals surface area contributed by atoms with Gasteiger partial charge in [0.15, 0.2) is 0 Å². The monoisotopic (exact) mass is 480 g/mol. The van der Waals surface area contributed by atoms with E-state index in [0.717, 1.165) is 11.5 Å². The Morgan fingerprint density at radius 2 is 1.78 bits per heavy atom. The molecule has 0 aliphatic carbocycles. The summed E-state index contributed by atoms with van der Waals surface area (Å²) in [6.07, 6.45) is 3.22. The van der Waals surface area contributed by atoms with Crippen LogP contribution in [0, 0.1) is 6.92 Å². The minimum atomic E-state index is -3.61. The molecule has 0 spiro atoms. The van der Waals surface area contributed by atoms with Crippen LogP contribution in [-0.4, -0.2) is 61.9 Å². The van der Waals surface area contributed by atoms with Crippen LogP contribution in [0.4, 0.5) is 11.6 Å². The van der Waals surface area contributed by atoms with Crippen LogP contribution >= 0.6 is 11.6 Å². The molecule has 172 valence electrons. The summed E-state index contributed by atoms with van der Waals surface area (Å²) in [7, 11) is -0.463. The van der Waals surface area contributed by atoms with Crippen molar-refractivity contribution in [2.24, 2.45) is 0 Å². The van der Waals surface area contributed by atoms with Gasteiger partial charge in [-0.3, -0.25) is 0 Å². The second kappa shape index (κ2) is 10.8. The van der Waals surface area contributed by atoms with Gasteiger partial charge in [-0.05, 0) is 31.2 Å². The second-order valence-corrected chi connectivity index (χ2v) is 8.94. The SMILES string of the molecule is COCCNS(=O)(=O)c1ccc(Nc2ncc(Cl)c(-c3cnc(C)n3CCOC)n2)cc1. The normalized spacial score (nSPS) is 11.6. The Morgan fingerprint density at radius 3 is 2.47 bits per heavy atom. The van der Waals surface area contributed by atoms with Crippen molar-refractivity contribution < 1.29 is 17.9 Å². The van der Waals surface area contributed by atoms with Crippen LogP contribution < -0.4 is 10.0 Å². The molecule has 3 rings (SSSR count). The number of aromatic nitrogens is 4. The lowest BCUT2D eigenvalue weighted by atomic mass is 10.3. The van der Waals surface area contributed by atoms with Gasteiger partial charge in [0, 0.05) is 33.0 Å². The number of nitrogens with one attached hydrogen (secondary N) is 2. The Morgan fingerprint density at radius 1 is 1.06 bits per heavy atom. The lowest BCUT2D eigenvalue weighted by Gasteiger charge is -2.12. The lowest BCUT2D eigenvalue weighted by Crippen LogP contribution is -2.27. The van der Waals surface area contributed by atoms with Gasteiger partial charge in [0.1, 0.15) is 11.5 Å². The topological polar surface area (TPSA) is 120 Å². The number of hydrogen-bond donors (Lipinski definition) is 2. The Bertz CT molecular complexity index is 1150. The van der Waals surface area contributed by atoms with Gasteiger partial charge in [-0.1, -0.05) is 11.6 Å². The van der Waals surface area contributed by atoms with Crippen molar-refractivity contribution in [1.29, 1.82) is 0 Å². The highest BCUT2D eigenvalue weighted by atomic mass is 35.5.